The summed E-state index contributed by atoms with van der Waals surface area (Å²) in [4.78, 5) is 27.7. The predicted octanol–water partition coefficient (Wildman–Crippen LogP) is 1.67. The number of benzene rings is 1. The Bertz CT molecular complexity index is 697. The van der Waals surface area contributed by atoms with Crippen molar-refractivity contribution in [2.24, 2.45) is 0 Å². The van der Waals surface area contributed by atoms with Crippen molar-refractivity contribution in [3.63, 3.8) is 0 Å². The van der Waals surface area contributed by atoms with E-state index in [1.54, 1.807) is 0 Å². The van der Waals surface area contributed by atoms with Crippen LogP contribution >= 0.6 is 0 Å². The molecule has 0 atom stereocenters. The van der Waals surface area contributed by atoms with E-state index in [1.807, 2.05) is 24.3 Å². The van der Waals surface area contributed by atoms with Gasteiger partial charge in [0.15, 0.2) is 5.82 Å². The molecule has 3 rings (SSSR count). The molecular weight excluding hydrogens is 296 g/mol. The fourth-order valence-corrected chi connectivity index (χ4v) is 2.76. The molecule has 1 aromatic carbocycles. The van der Waals surface area contributed by atoms with Crippen molar-refractivity contribution in [2.75, 3.05) is 18.0 Å². The molecule has 1 aliphatic rings. The third-order valence-corrected chi connectivity index (χ3v) is 4.00. The number of nitrogens with one attached hydrogen (secondary N) is 2. The molecule has 1 aromatic heterocycles. The van der Waals surface area contributed by atoms with E-state index in [4.69, 9.17) is 0 Å². The van der Waals surface area contributed by atoms with Gasteiger partial charge in [-0.3, -0.25) is 14.3 Å². The highest BCUT2D eigenvalue weighted by atomic mass is 16.5. The monoisotopic (exact) mass is 316 g/mol. The van der Waals surface area contributed by atoms with E-state index in [1.165, 1.54) is 25.7 Å². The number of carbonyl (C=O) groups excluding carboxylic acids is 1. The minimum atomic E-state index is -0.629. The molecule has 2 heterocycles. The Labute approximate surface area is 133 Å². The Balaban J connectivity index is 1.59. The van der Waals surface area contributed by atoms with Gasteiger partial charge in [-0.25, -0.2) is 4.79 Å². The van der Waals surface area contributed by atoms with Crippen LogP contribution in [0.3, 0.4) is 0 Å². The number of hydrogen-bond acceptors (Lipinski definition) is 5. The van der Waals surface area contributed by atoms with Crippen LogP contribution in [-0.2, 0) is 6.54 Å². The number of aromatic amines is 1. The molecule has 1 aliphatic heterocycles. The van der Waals surface area contributed by atoms with E-state index in [9.17, 15) is 9.59 Å². The van der Waals surface area contributed by atoms with Crippen molar-refractivity contribution in [2.45, 2.75) is 32.2 Å². The number of nitrogens with zero attached hydrogens (tertiary/aromatic N) is 2. The lowest BCUT2D eigenvalue weighted by molar-refractivity contribution is 0.0949. The van der Waals surface area contributed by atoms with Crippen LogP contribution in [0.5, 0.6) is 0 Å². The first-order valence-electron chi connectivity index (χ1n) is 7.90. The molecule has 122 valence electrons. The topological polar surface area (TPSA) is 91.2 Å². The van der Waals surface area contributed by atoms with Crippen molar-refractivity contribution in [1.29, 1.82) is 0 Å². The molecule has 1 fully saturated rings. The Hall–Kier alpha value is -2.57. The van der Waals surface area contributed by atoms with Crippen LogP contribution in [0.1, 0.15) is 41.9 Å². The quantitative estimate of drug-likeness (QED) is 0.895. The number of hydrogen-bond donors (Lipinski definition) is 2. The van der Waals surface area contributed by atoms with E-state index in [2.05, 4.69) is 24.9 Å². The van der Waals surface area contributed by atoms with E-state index in [0.29, 0.717) is 11.4 Å². The molecule has 23 heavy (non-hydrogen) atoms. The van der Waals surface area contributed by atoms with Crippen LogP contribution < -0.4 is 16.0 Å². The molecule has 0 aliphatic carbocycles. The van der Waals surface area contributed by atoms with Crippen molar-refractivity contribution >= 4 is 11.6 Å². The summed E-state index contributed by atoms with van der Waals surface area (Å²) >= 11 is 0. The molecule has 7 nitrogen and oxygen atoms in total. The first-order chi connectivity index (χ1) is 11.2. The van der Waals surface area contributed by atoms with Crippen LogP contribution in [0, 0.1) is 0 Å². The number of amides is 1. The SMILES string of the molecule is O=C(NCc1noc(=O)[nH]1)c1ccc(N2CCCCCC2)cc1. The number of anilines is 1. The minimum Gasteiger partial charge on any atom is -0.372 e. The first kappa shape index (κ1) is 15.3. The third kappa shape index (κ3) is 4.00. The Kier molecular flexibility index (Phi) is 4.75. The second kappa shape index (κ2) is 7.13. The van der Waals surface area contributed by atoms with Crippen molar-refractivity contribution in [3.8, 4) is 0 Å². The van der Waals surface area contributed by atoms with Crippen LogP contribution in [-0.4, -0.2) is 29.1 Å². The lowest BCUT2D eigenvalue weighted by Gasteiger charge is -2.22. The molecule has 0 bridgehead atoms. The van der Waals surface area contributed by atoms with E-state index < -0.39 is 5.76 Å². The summed E-state index contributed by atoms with van der Waals surface area (Å²) in [6, 6.07) is 7.61. The fourth-order valence-electron chi connectivity index (χ4n) is 2.76. The summed E-state index contributed by atoms with van der Waals surface area (Å²) in [6.07, 6.45) is 5.03. The molecule has 2 N–H and O–H groups in total. The van der Waals surface area contributed by atoms with Gasteiger partial charge in [-0.2, -0.15) is 0 Å². The molecule has 0 radical (unpaired) electrons. The van der Waals surface area contributed by atoms with Gasteiger partial charge in [0.2, 0.25) is 0 Å². The smallest absolute Gasteiger partial charge is 0.372 e. The lowest BCUT2D eigenvalue weighted by Crippen LogP contribution is -2.25. The number of carbonyl (C=O) groups is 1. The number of rotatable bonds is 4. The number of H-pyrrole nitrogens is 1. The average molecular weight is 316 g/mol. The molecule has 1 amide bonds. The highest BCUT2D eigenvalue weighted by molar-refractivity contribution is 5.94. The summed E-state index contributed by atoms with van der Waals surface area (Å²) < 4.78 is 4.38. The van der Waals surface area contributed by atoms with E-state index in [-0.39, 0.29) is 12.5 Å². The van der Waals surface area contributed by atoms with Gasteiger partial charge >= 0.3 is 5.76 Å². The summed E-state index contributed by atoms with van der Waals surface area (Å²) in [6.45, 7) is 2.27. The van der Waals surface area contributed by atoms with Crippen LogP contribution in [0.25, 0.3) is 0 Å². The van der Waals surface area contributed by atoms with Crippen molar-refractivity contribution in [1.82, 2.24) is 15.5 Å². The Morgan fingerprint density at radius 3 is 2.48 bits per heavy atom. The molecule has 0 spiro atoms. The van der Waals surface area contributed by atoms with E-state index >= 15 is 0 Å². The largest absolute Gasteiger partial charge is 0.438 e. The van der Waals surface area contributed by atoms with Crippen molar-refractivity contribution in [3.05, 3.63) is 46.2 Å². The second-order valence-electron chi connectivity index (χ2n) is 5.67. The van der Waals surface area contributed by atoms with Crippen LogP contribution in [0.2, 0.25) is 0 Å². The zero-order chi connectivity index (χ0) is 16.1. The summed E-state index contributed by atoms with van der Waals surface area (Å²) in [5, 5.41) is 6.19. The first-order valence-corrected chi connectivity index (χ1v) is 7.90. The number of aromatic nitrogens is 2. The molecule has 0 unspecified atom stereocenters. The lowest BCUT2D eigenvalue weighted by atomic mass is 10.1. The zero-order valence-electron chi connectivity index (χ0n) is 12.9. The summed E-state index contributed by atoms with van der Waals surface area (Å²) in [5.41, 5.74) is 1.73. The van der Waals surface area contributed by atoms with Gasteiger partial charge in [-0.05, 0) is 37.1 Å². The predicted molar refractivity (Wildman–Crippen MR) is 85.4 cm³/mol. The standard InChI is InChI=1S/C16H20N4O3/c21-15(17-11-14-18-16(22)23-19-14)12-5-7-13(8-6-12)20-9-3-1-2-4-10-20/h5-8H,1-4,9-11H2,(H,17,21)(H,18,19,22). The maximum absolute atomic E-state index is 12.1. The summed E-state index contributed by atoms with van der Waals surface area (Å²) in [5.74, 6) is -0.545. The van der Waals surface area contributed by atoms with Crippen LogP contribution in [0.15, 0.2) is 33.6 Å². The van der Waals surface area contributed by atoms with E-state index in [0.717, 1.165) is 18.8 Å². The molecule has 7 heteroatoms. The molecular formula is C16H20N4O3. The molecule has 1 saturated heterocycles. The van der Waals surface area contributed by atoms with Gasteiger partial charge in [0.25, 0.3) is 5.91 Å². The van der Waals surface area contributed by atoms with Gasteiger partial charge in [-0.1, -0.05) is 18.0 Å². The second-order valence-corrected chi connectivity index (χ2v) is 5.67. The Morgan fingerprint density at radius 1 is 1.17 bits per heavy atom. The zero-order valence-corrected chi connectivity index (χ0v) is 12.9. The van der Waals surface area contributed by atoms with Crippen molar-refractivity contribution < 1.29 is 9.32 Å². The van der Waals surface area contributed by atoms with Crippen LogP contribution in [0.4, 0.5) is 5.69 Å². The molecule has 0 saturated carbocycles. The maximum Gasteiger partial charge on any atom is 0.438 e. The Morgan fingerprint density at radius 2 is 1.87 bits per heavy atom. The minimum absolute atomic E-state index is 0.123. The normalized spacial score (nSPS) is 15.2. The van der Waals surface area contributed by atoms with Gasteiger partial charge in [0.1, 0.15) is 0 Å². The maximum atomic E-state index is 12.1. The van der Waals surface area contributed by atoms with Gasteiger partial charge in [0.05, 0.1) is 6.54 Å². The fraction of sp³-hybridized carbons (Fsp3) is 0.438. The average Bonchev–Trinajstić information content (AvgIpc) is 2.83. The molecule has 2 aromatic rings. The van der Waals surface area contributed by atoms with Gasteiger partial charge in [-0.15, -0.1) is 0 Å². The third-order valence-electron chi connectivity index (χ3n) is 4.00. The highest BCUT2D eigenvalue weighted by Gasteiger charge is 2.11. The van der Waals surface area contributed by atoms with Gasteiger partial charge in [0, 0.05) is 24.3 Å². The van der Waals surface area contributed by atoms with Gasteiger partial charge < -0.3 is 10.2 Å². The summed E-state index contributed by atoms with van der Waals surface area (Å²) in [7, 11) is 0. The highest BCUT2D eigenvalue weighted by Crippen LogP contribution is 2.20.